The van der Waals surface area contributed by atoms with Crippen molar-refractivity contribution in [3.63, 3.8) is 0 Å². The van der Waals surface area contributed by atoms with E-state index in [2.05, 4.69) is 20.9 Å². The number of rotatable bonds is 5. The van der Waals surface area contributed by atoms with E-state index in [1.165, 1.54) is 11.3 Å². The number of ether oxygens (including phenoxy) is 1. The van der Waals surface area contributed by atoms with Crippen molar-refractivity contribution in [2.75, 3.05) is 27.3 Å². The number of hydrogen-bond donors (Lipinski definition) is 0. The third kappa shape index (κ3) is 3.84. The summed E-state index contributed by atoms with van der Waals surface area (Å²) < 4.78 is 5.00. The Morgan fingerprint density at radius 1 is 1.75 bits per heavy atom. The molecule has 0 radical (unpaired) electrons. The van der Waals surface area contributed by atoms with E-state index in [-0.39, 0.29) is 10.7 Å². The molecule has 0 aromatic carbocycles. The molecule has 90 valence electrons. The van der Waals surface area contributed by atoms with Crippen molar-refractivity contribution in [2.24, 2.45) is 0 Å². The third-order valence-electron chi connectivity index (χ3n) is 2.00. The van der Waals surface area contributed by atoms with Crippen molar-refractivity contribution in [1.29, 1.82) is 0 Å². The van der Waals surface area contributed by atoms with Crippen LogP contribution in [0.4, 0.5) is 0 Å². The third-order valence-corrected chi connectivity index (χ3v) is 3.45. The predicted molar refractivity (Wildman–Crippen MR) is 68.4 cm³/mol. The zero-order valence-corrected chi connectivity index (χ0v) is 12.0. The van der Waals surface area contributed by atoms with E-state index >= 15 is 0 Å². The monoisotopic (exact) mass is 306 g/mol. The van der Waals surface area contributed by atoms with Gasteiger partial charge in [0.25, 0.3) is 5.91 Å². The first-order chi connectivity index (χ1) is 7.54. The number of aromatic nitrogens is 1. The van der Waals surface area contributed by atoms with Gasteiger partial charge < -0.3 is 9.64 Å². The minimum absolute atomic E-state index is 0.00570. The molecule has 1 aromatic rings. The van der Waals surface area contributed by atoms with Gasteiger partial charge >= 0.3 is 0 Å². The summed E-state index contributed by atoms with van der Waals surface area (Å²) in [5.74, 6) is 0.00570. The fourth-order valence-corrected chi connectivity index (χ4v) is 2.73. The lowest BCUT2D eigenvalue weighted by atomic mass is 10.4. The van der Waals surface area contributed by atoms with Gasteiger partial charge in [0.1, 0.15) is 4.88 Å². The molecule has 0 spiro atoms. The zero-order chi connectivity index (χ0) is 12.1. The Morgan fingerprint density at radius 2 is 2.44 bits per heavy atom. The summed E-state index contributed by atoms with van der Waals surface area (Å²) in [4.78, 5) is 18.5. The van der Waals surface area contributed by atoms with Gasteiger partial charge in [-0.05, 0) is 6.92 Å². The van der Waals surface area contributed by atoms with Crippen molar-refractivity contribution >= 4 is 33.2 Å². The SMILES string of the molecule is COCC(Br)CN(C)C(=O)c1cnc(C)s1. The molecular formula is C10H15BrN2O2S. The molecule has 1 atom stereocenters. The lowest BCUT2D eigenvalue weighted by Crippen LogP contribution is -2.33. The summed E-state index contributed by atoms with van der Waals surface area (Å²) in [6.45, 7) is 3.09. The fraction of sp³-hybridized carbons (Fsp3) is 0.600. The topological polar surface area (TPSA) is 42.4 Å². The van der Waals surface area contributed by atoms with Gasteiger partial charge in [-0.25, -0.2) is 4.98 Å². The molecule has 16 heavy (non-hydrogen) atoms. The van der Waals surface area contributed by atoms with Crippen LogP contribution in [-0.2, 0) is 4.74 Å². The Kier molecular flexibility index (Phi) is 5.37. The van der Waals surface area contributed by atoms with E-state index in [0.29, 0.717) is 18.0 Å². The molecule has 1 heterocycles. The van der Waals surface area contributed by atoms with Gasteiger partial charge in [0.05, 0.1) is 22.6 Å². The van der Waals surface area contributed by atoms with E-state index < -0.39 is 0 Å². The molecule has 6 heteroatoms. The highest BCUT2D eigenvalue weighted by molar-refractivity contribution is 9.09. The van der Waals surface area contributed by atoms with E-state index in [4.69, 9.17) is 4.74 Å². The van der Waals surface area contributed by atoms with Crippen LogP contribution >= 0.6 is 27.3 Å². The molecule has 4 nitrogen and oxygen atoms in total. The number of alkyl halides is 1. The highest BCUT2D eigenvalue weighted by atomic mass is 79.9. The molecule has 1 unspecified atom stereocenters. The van der Waals surface area contributed by atoms with Crippen molar-refractivity contribution in [3.8, 4) is 0 Å². The molecule has 1 amide bonds. The maximum Gasteiger partial charge on any atom is 0.265 e. The first-order valence-corrected chi connectivity index (χ1v) is 6.58. The number of halogens is 1. The van der Waals surface area contributed by atoms with Gasteiger partial charge in [0, 0.05) is 20.7 Å². The number of amides is 1. The Hall–Kier alpha value is -0.460. The van der Waals surface area contributed by atoms with Gasteiger partial charge in [0.2, 0.25) is 0 Å². The second-order valence-corrected chi connectivity index (χ2v) is 6.01. The number of nitrogens with zero attached hydrogens (tertiary/aromatic N) is 2. The minimum Gasteiger partial charge on any atom is -0.383 e. The van der Waals surface area contributed by atoms with Crippen LogP contribution in [0, 0.1) is 6.92 Å². The van der Waals surface area contributed by atoms with E-state index in [0.717, 1.165) is 5.01 Å². The zero-order valence-electron chi connectivity index (χ0n) is 9.57. The van der Waals surface area contributed by atoms with E-state index in [9.17, 15) is 4.79 Å². The number of methoxy groups -OCH3 is 1. The molecular weight excluding hydrogens is 292 g/mol. The maximum atomic E-state index is 11.9. The second-order valence-electron chi connectivity index (χ2n) is 3.48. The summed E-state index contributed by atoms with van der Waals surface area (Å²) in [5, 5.41) is 0.907. The van der Waals surface area contributed by atoms with Crippen molar-refractivity contribution < 1.29 is 9.53 Å². The Morgan fingerprint density at radius 3 is 2.94 bits per heavy atom. The molecule has 0 N–H and O–H groups in total. The van der Waals surface area contributed by atoms with Crippen LogP contribution in [0.1, 0.15) is 14.7 Å². The fourth-order valence-electron chi connectivity index (χ4n) is 1.26. The van der Waals surface area contributed by atoms with Crippen LogP contribution in [0.25, 0.3) is 0 Å². The molecule has 0 aliphatic rings. The normalized spacial score (nSPS) is 12.5. The standard InChI is InChI=1S/C10H15BrN2O2S/c1-7-12-4-9(16-7)10(14)13(2)5-8(11)6-15-3/h4,8H,5-6H2,1-3H3. The Balaban J connectivity index is 2.54. The van der Waals surface area contributed by atoms with Crippen molar-refractivity contribution in [3.05, 3.63) is 16.1 Å². The summed E-state index contributed by atoms with van der Waals surface area (Å²) in [7, 11) is 3.42. The lowest BCUT2D eigenvalue weighted by molar-refractivity contribution is 0.0788. The van der Waals surface area contributed by atoms with Crippen LogP contribution in [0.5, 0.6) is 0 Å². The summed E-state index contributed by atoms with van der Waals surface area (Å²) >= 11 is 4.87. The smallest absolute Gasteiger partial charge is 0.265 e. The Labute approximate surface area is 108 Å². The summed E-state index contributed by atoms with van der Waals surface area (Å²) in [6, 6.07) is 0. The van der Waals surface area contributed by atoms with Crippen molar-refractivity contribution in [2.45, 2.75) is 11.8 Å². The molecule has 1 aromatic heterocycles. The molecule has 0 aliphatic carbocycles. The largest absolute Gasteiger partial charge is 0.383 e. The number of aryl methyl sites for hydroxylation is 1. The van der Waals surface area contributed by atoms with Crippen LogP contribution in [0.3, 0.4) is 0 Å². The maximum absolute atomic E-state index is 11.9. The minimum atomic E-state index is 0.00570. The molecule has 0 aliphatic heterocycles. The van der Waals surface area contributed by atoms with Gasteiger partial charge in [0.15, 0.2) is 0 Å². The lowest BCUT2D eigenvalue weighted by Gasteiger charge is -2.19. The van der Waals surface area contributed by atoms with Crippen LogP contribution < -0.4 is 0 Å². The number of hydrogen-bond acceptors (Lipinski definition) is 4. The first-order valence-electron chi connectivity index (χ1n) is 4.85. The van der Waals surface area contributed by atoms with Crippen LogP contribution in [-0.4, -0.2) is 47.9 Å². The second kappa shape index (κ2) is 6.32. The average Bonchev–Trinajstić information content (AvgIpc) is 2.64. The predicted octanol–water partition coefficient (Wildman–Crippen LogP) is 1.93. The van der Waals surface area contributed by atoms with Gasteiger partial charge in [-0.3, -0.25) is 4.79 Å². The summed E-state index contributed by atoms with van der Waals surface area (Å²) in [6.07, 6.45) is 1.62. The van der Waals surface area contributed by atoms with Gasteiger partial charge in [-0.15, -0.1) is 11.3 Å². The number of carbonyl (C=O) groups is 1. The van der Waals surface area contributed by atoms with Crippen molar-refractivity contribution in [1.82, 2.24) is 9.88 Å². The first kappa shape index (κ1) is 13.6. The van der Waals surface area contributed by atoms with E-state index in [1.54, 1.807) is 25.3 Å². The van der Waals surface area contributed by atoms with Gasteiger partial charge in [-0.1, -0.05) is 15.9 Å². The van der Waals surface area contributed by atoms with E-state index in [1.807, 2.05) is 6.92 Å². The van der Waals surface area contributed by atoms with Crippen LogP contribution in [0.15, 0.2) is 6.20 Å². The average molecular weight is 307 g/mol. The molecule has 0 saturated heterocycles. The number of carbonyl (C=O) groups excluding carboxylic acids is 1. The molecule has 1 rings (SSSR count). The molecule has 0 bridgehead atoms. The highest BCUT2D eigenvalue weighted by Crippen LogP contribution is 2.14. The molecule has 0 saturated carbocycles. The van der Waals surface area contributed by atoms with Crippen LogP contribution in [0.2, 0.25) is 0 Å². The quantitative estimate of drug-likeness (QED) is 0.781. The number of thiazole rings is 1. The molecule has 0 fully saturated rings. The summed E-state index contributed by atoms with van der Waals surface area (Å²) in [5.41, 5.74) is 0. The van der Waals surface area contributed by atoms with Gasteiger partial charge in [-0.2, -0.15) is 0 Å². The highest BCUT2D eigenvalue weighted by Gasteiger charge is 2.17. The Bertz CT molecular complexity index is 356.